The number of likely N-dealkylation sites (N-methyl/N-ethyl adjacent to an activating group) is 1. The van der Waals surface area contributed by atoms with Crippen LogP contribution in [0.15, 0.2) is 36.4 Å². The fourth-order valence-electron chi connectivity index (χ4n) is 3.06. The molecule has 1 aliphatic heterocycles. The van der Waals surface area contributed by atoms with Crippen molar-refractivity contribution in [2.24, 2.45) is 0 Å². The zero-order valence-corrected chi connectivity index (χ0v) is 17.8. The van der Waals surface area contributed by atoms with Crippen LogP contribution in [0.4, 0.5) is 24.5 Å². The Morgan fingerprint density at radius 3 is 2.16 bits per heavy atom. The van der Waals surface area contributed by atoms with E-state index in [4.69, 9.17) is 21.1 Å². The van der Waals surface area contributed by atoms with Gasteiger partial charge in [0.05, 0.1) is 35.1 Å². The standard InChI is InChI=1S/C21H21ClF3N3O4/c1-2-28(11-19(29)26-15-6-4-3-5-13(15)21(23,24)25)12-20(30)27-16-10-18-17(9-14(16)22)31-7-8-32-18/h3-6,9-10H,2,7-8,11-12H2,1H3,(H,26,29)(H,27,30). The Hall–Kier alpha value is -2.98. The molecule has 7 nitrogen and oxygen atoms in total. The first kappa shape index (κ1) is 23.7. The molecule has 32 heavy (non-hydrogen) atoms. The Bertz CT molecular complexity index is 1000. The number of alkyl halides is 3. The van der Waals surface area contributed by atoms with Crippen molar-refractivity contribution < 1.29 is 32.2 Å². The van der Waals surface area contributed by atoms with E-state index in [1.165, 1.54) is 29.2 Å². The van der Waals surface area contributed by atoms with Crippen LogP contribution < -0.4 is 20.1 Å². The molecule has 2 amide bonds. The fraction of sp³-hybridized carbons (Fsp3) is 0.333. The molecule has 0 bridgehead atoms. The summed E-state index contributed by atoms with van der Waals surface area (Å²) in [4.78, 5) is 26.3. The van der Waals surface area contributed by atoms with Crippen molar-refractivity contribution in [3.05, 3.63) is 47.0 Å². The largest absolute Gasteiger partial charge is 0.486 e. The molecular weight excluding hydrogens is 451 g/mol. The van der Waals surface area contributed by atoms with E-state index in [1.54, 1.807) is 13.0 Å². The molecule has 0 saturated carbocycles. The number of para-hydroxylation sites is 1. The molecule has 172 valence electrons. The monoisotopic (exact) mass is 471 g/mol. The summed E-state index contributed by atoms with van der Waals surface area (Å²) in [5, 5.41) is 5.17. The first-order chi connectivity index (χ1) is 15.2. The topological polar surface area (TPSA) is 79.9 Å². The number of rotatable bonds is 7. The minimum atomic E-state index is -4.60. The van der Waals surface area contributed by atoms with E-state index in [0.29, 0.717) is 36.9 Å². The SMILES string of the molecule is CCN(CC(=O)Nc1cc2c(cc1Cl)OCCO2)CC(=O)Nc1ccccc1C(F)(F)F. The average Bonchev–Trinajstić information content (AvgIpc) is 2.73. The van der Waals surface area contributed by atoms with Crippen LogP contribution in [0, 0.1) is 0 Å². The van der Waals surface area contributed by atoms with Gasteiger partial charge in [0, 0.05) is 12.1 Å². The molecule has 11 heteroatoms. The lowest BCUT2D eigenvalue weighted by Crippen LogP contribution is -2.38. The molecule has 0 spiro atoms. The van der Waals surface area contributed by atoms with E-state index < -0.39 is 23.6 Å². The maximum atomic E-state index is 13.1. The number of nitrogens with one attached hydrogen (secondary N) is 2. The lowest BCUT2D eigenvalue weighted by molar-refractivity contribution is -0.137. The quantitative estimate of drug-likeness (QED) is 0.637. The number of hydrogen-bond donors (Lipinski definition) is 2. The van der Waals surface area contributed by atoms with Gasteiger partial charge in [0.25, 0.3) is 0 Å². The number of anilines is 2. The minimum absolute atomic E-state index is 0.171. The Morgan fingerprint density at radius 2 is 1.56 bits per heavy atom. The van der Waals surface area contributed by atoms with Crippen molar-refractivity contribution in [1.29, 1.82) is 0 Å². The van der Waals surface area contributed by atoms with Crippen LogP contribution in [0.2, 0.25) is 5.02 Å². The van der Waals surface area contributed by atoms with Gasteiger partial charge in [-0.1, -0.05) is 30.7 Å². The zero-order chi connectivity index (χ0) is 23.3. The number of fused-ring (bicyclic) bond motifs is 1. The van der Waals surface area contributed by atoms with Gasteiger partial charge >= 0.3 is 6.18 Å². The van der Waals surface area contributed by atoms with Gasteiger partial charge in [0.15, 0.2) is 11.5 Å². The number of carbonyl (C=O) groups is 2. The first-order valence-electron chi connectivity index (χ1n) is 9.74. The molecule has 1 aliphatic rings. The molecule has 0 radical (unpaired) electrons. The molecule has 3 rings (SSSR count). The van der Waals surface area contributed by atoms with Crippen molar-refractivity contribution in [2.45, 2.75) is 13.1 Å². The van der Waals surface area contributed by atoms with Gasteiger partial charge in [-0.2, -0.15) is 13.2 Å². The Morgan fingerprint density at radius 1 is 1.00 bits per heavy atom. The van der Waals surface area contributed by atoms with Crippen molar-refractivity contribution in [2.75, 3.05) is 43.5 Å². The summed E-state index contributed by atoms with van der Waals surface area (Å²) in [5.41, 5.74) is -0.962. The summed E-state index contributed by atoms with van der Waals surface area (Å²) in [7, 11) is 0. The van der Waals surface area contributed by atoms with E-state index in [0.717, 1.165) is 6.07 Å². The number of amides is 2. The van der Waals surface area contributed by atoms with Crippen LogP contribution in [0.3, 0.4) is 0 Å². The summed E-state index contributed by atoms with van der Waals surface area (Å²) < 4.78 is 50.2. The molecule has 0 aliphatic carbocycles. The van der Waals surface area contributed by atoms with Crippen molar-refractivity contribution in [3.63, 3.8) is 0 Å². The molecule has 0 aromatic heterocycles. The van der Waals surface area contributed by atoms with Gasteiger partial charge in [0.2, 0.25) is 11.8 Å². The van der Waals surface area contributed by atoms with Crippen molar-refractivity contribution in [3.8, 4) is 11.5 Å². The van der Waals surface area contributed by atoms with Gasteiger partial charge in [-0.15, -0.1) is 0 Å². The number of benzene rings is 2. The highest BCUT2D eigenvalue weighted by molar-refractivity contribution is 6.34. The Labute approximate surface area is 187 Å². The number of ether oxygens (including phenoxy) is 2. The summed E-state index contributed by atoms with van der Waals surface area (Å²) in [6.07, 6.45) is -4.60. The highest BCUT2D eigenvalue weighted by Gasteiger charge is 2.33. The van der Waals surface area contributed by atoms with Gasteiger partial charge in [-0.3, -0.25) is 14.5 Å². The predicted molar refractivity (Wildman–Crippen MR) is 113 cm³/mol. The second kappa shape index (κ2) is 10.1. The molecule has 0 saturated heterocycles. The lowest BCUT2D eigenvalue weighted by Gasteiger charge is -2.22. The number of hydrogen-bond acceptors (Lipinski definition) is 5. The molecule has 0 unspecified atom stereocenters. The molecule has 2 aromatic rings. The van der Waals surface area contributed by atoms with Crippen LogP contribution in [0.5, 0.6) is 11.5 Å². The summed E-state index contributed by atoms with van der Waals surface area (Å²) in [5.74, 6) is -0.195. The lowest BCUT2D eigenvalue weighted by atomic mass is 10.1. The molecular formula is C21H21ClF3N3O4. The average molecular weight is 472 g/mol. The normalized spacial score (nSPS) is 13.1. The van der Waals surface area contributed by atoms with E-state index in [9.17, 15) is 22.8 Å². The van der Waals surface area contributed by atoms with Crippen LogP contribution in [0.1, 0.15) is 12.5 Å². The van der Waals surface area contributed by atoms with Gasteiger partial charge < -0.3 is 20.1 Å². The highest BCUT2D eigenvalue weighted by atomic mass is 35.5. The van der Waals surface area contributed by atoms with Gasteiger partial charge in [-0.05, 0) is 18.7 Å². The second-order valence-electron chi connectivity index (χ2n) is 6.92. The Kier molecular flexibility index (Phi) is 7.47. The number of nitrogens with zero attached hydrogens (tertiary/aromatic N) is 1. The third-order valence-corrected chi connectivity index (χ3v) is 4.91. The summed E-state index contributed by atoms with van der Waals surface area (Å²) >= 11 is 6.18. The molecule has 2 aromatic carbocycles. The third-order valence-electron chi connectivity index (χ3n) is 4.59. The molecule has 2 N–H and O–H groups in total. The maximum absolute atomic E-state index is 13.1. The predicted octanol–water partition coefficient (Wildman–Crippen LogP) is 4.03. The van der Waals surface area contributed by atoms with Crippen LogP contribution >= 0.6 is 11.6 Å². The number of carbonyl (C=O) groups excluding carboxylic acids is 2. The fourth-order valence-corrected chi connectivity index (χ4v) is 3.27. The molecule has 0 atom stereocenters. The van der Waals surface area contributed by atoms with E-state index >= 15 is 0 Å². The van der Waals surface area contributed by atoms with Crippen LogP contribution in [-0.4, -0.2) is 49.6 Å². The molecule has 1 heterocycles. The van der Waals surface area contributed by atoms with Crippen LogP contribution in [-0.2, 0) is 15.8 Å². The van der Waals surface area contributed by atoms with E-state index in [-0.39, 0.29) is 23.8 Å². The summed E-state index contributed by atoms with van der Waals surface area (Å²) in [6.45, 7) is 2.37. The van der Waals surface area contributed by atoms with Gasteiger partial charge in [-0.25, -0.2) is 0 Å². The third kappa shape index (κ3) is 6.04. The van der Waals surface area contributed by atoms with Crippen molar-refractivity contribution >= 4 is 34.8 Å². The second-order valence-corrected chi connectivity index (χ2v) is 7.33. The minimum Gasteiger partial charge on any atom is -0.486 e. The number of halogens is 4. The molecule has 0 fully saturated rings. The zero-order valence-electron chi connectivity index (χ0n) is 17.1. The maximum Gasteiger partial charge on any atom is 0.418 e. The van der Waals surface area contributed by atoms with Crippen LogP contribution in [0.25, 0.3) is 0 Å². The van der Waals surface area contributed by atoms with E-state index in [2.05, 4.69) is 10.6 Å². The highest BCUT2D eigenvalue weighted by Crippen LogP contribution is 2.38. The summed E-state index contributed by atoms with van der Waals surface area (Å²) in [6, 6.07) is 7.78. The van der Waals surface area contributed by atoms with Crippen molar-refractivity contribution in [1.82, 2.24) is 4.90 Å². The smallest absolute Gasteiger partial charge is 0.418 e. The Balaban J connectivity index is 1.60. The van der Waals surface area contributed by atoms with E-state index in [1.807, 2.05) is 0 Å². The van der Waals surface area contributed by atoms with Gasteiger partial charge in [0.1, 0.15) is 13.2 Å². The first-order valence-corrected chi connectivity index (χ1v) is 10.1.